The second kappa shape index (κ2) is 5.19. The van der Waals surface area contributed by atoms with Gasteiger partial charge in [0.2, 0.25) is 12.3 Å². The number of alkyl halides is 4. The molecule has 0 aromatic heterocycles. The smallest absolute Gasteiger partial charge is 0.398 e. The van der Waals surface area contributed by atoms with Gasteiger partial charge in [-0.2, -0.15) is 0 Å². The molecule has 0 N–H and O–H groups in total. The summed E-state index contributed by atoms with van der Waals surface area (Å²) in [7, 11) is -1.35. The second-order valence-electron chi connectivity index (χ2n) is 7.28. The third-order valence-electron chi connectivity index (χ3n) is 4.70. The van der Waals surface area contributed by atoms with E-state index in [4.69, 9.17) is 9.31 Å². The molecule has 0 unspecified atom stereocenters. The van der Waals surface area contributed by atoms with E-state index in [2.05, 4.69) is 0 Å². The van der Waals surface area contributed by atoms with Crippen molar-refractivity contribution < 1.29 is 31.3 Å². The average molecular weight is 326 g/mol. The molecule has 2 aliphatic rings. The zero-order valence-electron chi connectivity index (χ0n) is 13.1. The zero-order valence-corrected chi connectivity index (χ0v) is 13.1. The summed E-state index contributed by atoms with van der Waals surface area (Å²) >= 11 is 0. The maximum atomic E-state index is 14.3. The topological polar surface area (TPSA) is 18.5 Å². The Labute approximate surface area is 127 Å². The van der Waals surface area contributed by atoms with E-state index in [0.717, 1.165) is 6.08 Å². The van der Waals surface area contributed by atoms with Crippen LogP contribution in [0.15, 0.2) is 11.8 Å². The summed E-state index contributed by atoms with van der Waals surface area (Å²) in [6.45, 7) is 6.86. The molecule has 1 heterocycles. The number of hydrogen-bond donors (Lipinski definition) is 0. The lowest BCUT2D eigenvalue weighted by atomic mass is 9.62. The van der Waals surface area contributed by atoms with Gasteiger partial charge in [-0.25, -0.2) is 22.0 Å². The molecule has 1 saturated heterocycles. The van der Waals surface area contributed by atoms with Crippen molar-refractivity contribution in [1.82, 2.24) is 0 Å². The van der Waals surface area contributed by atoms with E-state index in [0.29, 0.717) is 0 Å². The average Bonchev–Trinajstić information content (AvgIpc) is 2.43. The summed E-state index contributed by atoms with van der Waals surface area (Å²) in [5, 5.41) is 0. The van der Waals surface area contributed by atoms with Crippen LogP contribution in [-0.4, -0.2) is 30.7 Å². The van der Waals surface area contributed by atoms with Gasteiger partial charge in [-0.1, -0.05) is 0 Å². The number of halogens is 5. The third-order valence-corrected chi connectivity index (χ3v) is 4.70. The summed E-state index contributed by atoms with van der Waals surface area (Å²) in [6, 6.07) is 0. The minimum absolute atomic E-state index is 0.780. The van der Waals surface area contributed by atoms with E-state index in [1.165, 1.54) is 0 Å². The van der Waals surface area contributed by atoms with Gasteiger partial charge in [-0.3, -0.25) is 0 Å². The molecular formula is C14H20BF5O2. The molecule has 1 aliphatic carbocycles. The number of allylic oxidation sites excluding steroid dienone is 1. The summed E-state index contributed by atoms with van der Waals surface area (Å²) in [5.74, 6) is -3.03. The summed E-state index contributed by atoms with van der Waals surface area (Å²) < 4.78 is 76.7. The largest absolute Gasteiger partial charge is 0.524 e. The van der Waals surface area contributed by atoms with Crippen LogP contribution < -0.4 is 0 Å². The van der Waals surface area contributed by atoms with E-state index >= 15 is 0 Å². The normalized spacial score (nSPS) is 28.8. The van der Waals surface area contributed by atoms with Gasteiger partial charge in [0.25, 0.3) is 0 Å². The standard InChI is InChI=1S/C14H20BF5O2/c1-11(2)12(3,4)22-15(21-11)9(16)5-13(6-10(17)18)7-14(19,20)8-13/h5,10H,6-8H2,1-4H3. The highest BCUT2D eigenvalue weighted by Gasteiger charge is 2.58. The van der Waals surface area contributed by atoms with Gasteiger partial charge in [-0.15, -0.1) is 0 Å². The SMILES string of the molecule is CC1(C)OB(C(F)=CC2(CC(F)F)CC(F)(F)C2)OC1(C)C. The third kappa shape index (κ3) is 3.32. The van der Waals surface area contributed by atoms with Crippen LogP contribution in [0.1, 0.15) is 47.0 Å². The first-order chi connectivity index (χ1) is 9.78. The van der Waals surface area contributed by atoms with Gasteiger partial charge in [0, 0.05) is 24.7 Å². The predicted molar refractivity (Wildman–Crippen MR) is 72.5 cm³/mol. The highest BCUT2D eigenvalue weighted by atomic mass is 19.3. The number of hydrogen-bond acceptors (Lipinski definition) is 2. The quantitative estimate of drug-likeness (QED) is 0.558. The maximum absolute atomic E-state index is 14.3. The van der Waals surface area contributed by atoms with Gasteiger partial charge >= 0.3 is 7.12 Å². The maximum Gasteiger partial charge on any atom is 0.524 e. The zero-order chi connectivity index (χ0) is 17.0. The molecule has 2 fully saturated rings. The van der Waals surface area contributed by atoms with E-state index in [9.17, 15) is 22.0 Å². The van der Waals surface area contributed by atoms with Crippen LogP contribution in [0.25, 0.3) is 0 Å². The van der Waals surface area contributed by atoms with E-state index < -0.39 is 61.1 Å². The summed E-state index contributed by atoms with van der Waals surface area (Å²) in [5.41, 5.74) is -4.04. The first-order valence-electron chi connectivity index (χ1n) is 7.18. The molecule has 2 nitrogen and oxygen atoms in total. The highest BCUT2D eigenvalue weighted by molar-refractivity contribution is 6.53. The van der Waals surface area contributed by atoms with Crippen LogP contribution in [0, 0.1) is 5.41 Å². The van der Waals surface area contributed by atoms with Crippen molar-refractivity contribution in [2.45, 2.75) is 70.5 Å². The Morgan fingerprint density at radius 1 is 1.09 bits per heavy atom. The van der Waals surface area contributed by atoms with E-state index in [-0.39, 0.29) is 0 Å². The minimum Gasteiger partial charge on any atom is -0.398 e. The number of rotatable bonds is 4. The van der Waals surface area contributed by atoms with Crippen molar-refractivity contribution in [3.05, 3.63) is 11.8 Å². The molecule has 8 heteroatoms. The van der Waals surface area contributed by atoms with Crippen molar-refractivity contribution in [3.8, 4) is 0 Å². The van der Waals surface area contributed by atoms with Gasteiger partial charge < -0.3 is 9.31 Å². The van der Waals surface area contributed by atoms with Crippen molar-refractivity contribution >= 4 is 7.12 Å². The Morgan fingerprint density at radius 2 is 1.55 bits per heavy atom. The Balaban J connectivity index is 2.17. The van der Waals surface area contributed by atoms with Crippen molar-refractivity contribution in [3.63, 3.8) is 0 Å². The lowest BCUT2D eigenvalue weighted by Gasteiger charge is -2.45. The van der Waals surface area contributed by atoms with Crippen LogP contribution in [0.3, 0.4) is 0 Å². The molecule has 1 saturated carbocycles. The molecule has 0 aromatic rings. The minimum atomic E-state index is -3.03. The van der Waals surface area contributed by atoms with Gasteiger partial charge in [-0.05, 0) is 33.8 Å². The van der Waals surface area contributed by atoms with Crippen molar-refractivity contribution in [1.29, 1.82) is 0 Å². The molecule has 0 aromatic carbocycles. The van der Waals surface area contributed by atoms with Crippen LogP contribution in [-0.2, 0) is 9.31 Å². The fraction of sp³-hybridized carbons (Fsp3) is 0.857. The van der Waals surface area contributed by atoms with Crippen LogP contribution >= 0.6 is 0 Å². The molecule has 0 bridgehead atoms. The Morgan fingerprint density at radius 3 is 1.91 bits per heavy atom. The second-order valence-corrected chi connectivity index (χ2v) is 7.28. The fourth-order valence-corrected chi connectivity index (χ4v) is 2.91. The first kappa shape index (κ1) is 17.7. The lowest BCUT2D eigenvalue weighted by molar-refractivity contribution is -0.154. The molecule has 2 rings (SSSR count). The molecule has 22 heavy (non-hydrogen) atoms. The fourth-order valence-electron chi connectivity index (χ4n) is 2.91. The highest BCUT2D eigenvalue weighted by Crippen LogP contribution is 2.56. The van der Waals surface area contributed by atoms with Gasteiger partial charge in [0.1, 0.15) is 5.73 Å². The van der Waals surface area contributed by atoms with Crippen molar-refractivity contribution in [2.24, 2.45) is 5.41 Å². The lowest BCUT2D eigenvalue weighted by Crippen LogP contribution is -2.46. The Bertz CT molecular complexity index is 446. The molecule has 0 atom stereocenters. The van der Waals surface area contributed by atoms with E-state index in [1.54, 1.807) is 27.7 Å². The van der Waals surface area contributed by atoms with Gasteiger partial charge in [0.15, 0.2) is 0 Å². The Kier molecular flexibility index (Phi) is 4.18. The molecule has 0 radical (unpaired) electrons. The summed E-state index contributed by atoms with van der Waals surface area (Å²) in [4.78, 5) is 0. The van der Waals surface area contributed by atoms with Crippen LogP contribution in [0.2, 0.25) is 0 Å². The first-order valence-corrected chi connectivity index (χ1v) is 7.18. The molecule has 1 aliphatic heterocycles. The monoisotopic (exact) mass is 326 g/mol. The van der Waals surface area contributed by atoms with Crippen LogP contribution in [0.4, 0.5) is 22.0 Å². The van der Waals surface area contributed by atoms with Crippen molar-refractivity contribution in [2.75, 3.05) is 0 Å². The predicted octanol–water partition coefficient (Wildman–Crippen LogP) is 4.54. The Hall–Kier alpha value is -0.625. The molecule has 0 spiro atoms. The van der Waals surface area contributed by atoms with Gasteiger partial charge in [0.05, 0.1) is 11.2 Å². The molecule has 126 valence electrons. The van der Waals surface area contributed by atoms with E-state index in [1.807, 2.05) is 0 Å². The van der Waals surface area contributed by atoms with Crippen LogP contribution in [0.5, 0.6) is 0 Å². The summed E-state index contributed by atoms with van der Waals surface area (Å²) in [6.07, 6.45) is -4.29. The molecule has 0 amide bonds. The molecular weight excluding hydrogens is 306 g/mol.